The summed E-state index contributed by atoms with van der Waals surface area (Å²) in [6.07, 6.45) is -13.9. The lowest BCUT2D eigenvalue weighted by Gasteiger charge is -2.47. The van der Waals surface area contributed by atoms with E-state index in [9.17, 15) is 17.6 Å². The van der Waals surface area contributed by atoms with Gasteiger partial charge in [-0.25, -0.2) is 35.1 Å². The summed E-state index contributed by atoms with van der Waals surface area (Å²) < 4.78 is 116. The minimum Gasteiger partial charge on any atom is -0.247 e. The molecule has 0 amide bonds. The molecule has 8 heteroatoms. The van der Waals surface area contributed by atoms with Gasteiger partial charge in [-0.05, 0) is 81.0 Å². The van der Waals surface area contributed by atoms with Crippen molar-refractivity contribution in [1.29, 1.82) is 0 Å². The molecule has 4 rings (SSSR count). The predicted octanol–water partition coefficient (Wildman–Crippen LogP) is 7.59. The van der Waals surface area contributed by atoms with Crippen LogP contribution in [0.15, 0.2) is 0 Å². The molecular weight excluding hydrogens is 452 g/mol. The fourth-order valence-electron chi connectivity index (χ4n) is 7.62. The maximum absolute atomic E-state index is 15.2. The Bertz CT molecular complexity index is 612. The normalized spacial score (nSPS) is 56.5. The van der Waals surface area contributed by atoms with Crippen molar-refractivity contribution in [3.05, 3.63) is 0 Å². The van der Waals surface area contributed by atoms with E-state index in [2.05, 4.69) is 0 Å². The first-order valence-corrected chi connectivity index (χ1v) is 12.7. The molecule has 0 bridgehead atoms. The summed E-state index contributed by atoms with van der Waals surface area (Å²) in [5.74, 6) is -4.78. The largest absolute Gasteiger partial charge is 0.247 e. The summed E-state index contributed by atoms with van der Waals surface area (Å²) in [5.41, 5.74) is 0. The highest BCUT2D eigenvalue weighted by Gasteiger charge is 2.53. The van der Waals surface area contributed by atoms with Crippen molar-refractivity contribution < 1.29 is 35.1 Å². The van der Waals surface area contributed by atoms with E-state index in [0.29, 0.717) is 12.8 Å². The Hall–Kier alpha value is -0.560. The minimum absolute atomic E-state index is 0.00592. The molecule has 0 aliphatic heterocycles. The van der Waals surface area contributed by atoms with Gasteiger partial charge in [0.05, 0.1) is 0 Å². The molecule has 0 nitrogen and oxygen atoms in total. The summed E-state index contributed by atoms with van der Waals surface area (Å²) in [5, 5.41) is 0. The molecule has 9 unspecified atom stereocenters. The zero-order valence-electron chi connectivity index (χ0n) is 19.0. The highest BCUT2D eigenvalue weighted by Crippen LogP contribution is 2.51. The van der Waals surface area contributed by atoms with E-state index in [4.69, 9.17) is 0 Å². The van der Waals surface area contributed by atoms with Gasteiger partial charge in [0.1, 0.15) is 43.2 Å². The minimum atomic E-state index is -2.28. The van der Waals surface area contributed by atoms with E-state index in [-0.39, 0.29) is 37.5 Å². The maximum Gasteiger partial charge on any atom is 0.162 e. The lowest BCUT2D eigenvalue weighted by Crippen LogP contribution is -2.50. The third kappa shape index (κ3) is 5.19. The van der Waals surface area contributed by atoms with Crippen LogP contribution in [-0.4, -0.2) is 49.4 Å². The highest BCUT2D eigenvalue weighted by atomic mass is 19.2. The molecule has 0 aromatic carbocycles. The van der Waals surface area contributed by atoms with Crippen LogP contribution in [0.1, 0.15) is 64.7 Å². The Morgan fingerprint density at radius 2 is 0.818 bits per heavy atom. The Morgan fingerprint density at radius 3 is 1.24 bits per heavy atom. The fraction of sp³-hybridized carbons (Fsp3) is 1.00. The van der Waals surface area contributed by atoms with Crippen molar-refractivity contribution in [3.8, 4) is 0 Å². The van der Waals surface area contributed by atoms with Crippen molar-refractivity contribution in [1.82, 2.24) is 0 Å². The first kappa shape index (κ1) is 25.5. The topological polar surface area (TPSA) is 0 Å². The van der Waals surface area contributed by atoms with Crippen LogP contribution in [0, 0.1) is 41.4 Å². The third-order valence-corrected chi connectivity index (χ3v) is 9.31. The van der Waals surface area contributed by atoms with Crippen molar-refractivity contribution in [2.75, 3.05) is 0 Å². The molecule has 192 valence electrons. The van der Waals surface area contributed by atoms with Gasteiger partial charge in [0, 0.05) is 11.8 Å². The van der Waals surface area contributed by atoms with Gasteiger partial charge in [-0.3, -0.25) is 0 Å². The van der Waals surface area contributed by atoms with Crippen molar-refractivity contribution in [3.63, 3.8) is 0 Å². The molecule has 33 heavy (non-hydrogen) atoms. The van der Waals surface area contributed by atoms with E-state index >= 15 is 17.6 Å². The second-order valence-corrected chi connectivity index (χ2v) is 11.5. The van der Waals surface area contributed by atoms with E-state index in [1.54, 1.807) is 0 Å². The van der Waals surface area contributed by atoms with Crippen molar-refractivity contribution >= 4 is 0 Å². The van der Waals surface area contributed by atoms with E-state index in [1.165, 1.54) is 0 Å². The second kappa shape index (κ2) is 10.2. The SMILES string of the molecule is CC1CCC(C2CC(F)C(C3CC(F)C(C4CC(F)C(F)C(F)C4)C(F)C3)C(F)C2)C(F)C1. The van der Waals surface area contributed by atoms with Crippen LogP contribution in [0.25, 0.3) is 0 Å². The van der Waals surface area contributed by atoms with Gasteiger partial charge < -0.3 is 0 Å². The number of rotatable bonds is 3. The van der Waals surface area contributed by atoms with E-state index < -0.39 is 91.8 Å². The van der Waals surface area contributed by atoms with Gasteiger partial charge in [-0.2, -0.15) is 0 Å². The van der Waals surface area contributed by atoms with E-state index in [1.807, 2.05) is 6.92 Å². The zero-order chi connectivity index (χ0) is 24.0. The number of hydrogen-bond acceptors (Lipinski definition) is 0. The molecule has 4 saturated carbocycles. The monoisotopic (exact) mass is 488 g/mol. The van der Waals surface area contributed by atoms with Gasteiger partial charge in [0.2, 0.25) is 0 Å². The van der Waals surface area contributed by atoms with Gasteiger partial charge in [-0.1, -0.05) is 13.3 Å². The van der Waals surface area contributed by atoms with Gasteiger partial charge in [0.15, 0.2) is 6.17 Å². The summed E-state index contributed by atoms with van der Waals surface area (Å²) in [6, 6.07) is 0. The van der Waals surface area contributed by atoms with Gasteiger partial charge >= 0.3 is 0 Å². The maximum atomic E-state index is 15.2. The molecule has 0 radical (unpaired) electrons. The summed E-state index contributed by atoms with van der Waals surface area (Å²) >= 11 is 0. The number of hydrogen-bond donors (Lipinski definition) is 0. The smallest absolute Gasteiger partial charge is 0.162 e. The third-order valence-electron chi connectivity index (χ3n) is 9.31. The lowest BCUT2D eigenvalue weighted by molar-refractivity contribution is -0.0837. The van der Waals surface area contributed by atoms with Crippen LogP contribution in [0.2, 0.25) is 0 Å². The quantitative estimate of drug-likeness (QED) is 0.359. The number of alkyl halides is 8. The van der Waals surface area contributed by atoms with Crippen LogP contribution in [0.5, 0.6) is 0 Å². The Morgan fingerprint density at radius 1 is 0.424 bits per heavy atom. The average Bonchev–Trinajstić information content (AvgIpc) is 2.71. The first-order chi connectivity index (χ1) is 15.6. The van der Waals surface area contributed by atoms with Crippen LogP contribution < -0.4 is 0 Å². The molecule has 4 aliphatic rings. The summed E-state index contributed by atoms with van der Waals surface area (Å²) in [7, 11) is 0. The predicted molar refractivity (Wildman–Crippen MR) is 111 cm³/mol. The fourth-order valence-corrected chi connectivity index (χ4v) is 7.62. The van der Waals surface area contributed by atoms with Crippen LogP contribution in [-0.2, 0) is 0 Å². The molecule has 0 spiro atoms. The van der Waals surface area contributed by atoms with Crippen LogP contribution >= 0.6 is 0 Å². The molecular formula is C25H36F8. The first-order valence-electron chi connectivity index (χ1n) is 12.7. The summed E-state index contributed by atoms with van der Waals surface area (Å²) in [6.45, 7) is 1.97. The average molecular weight is 489 g/mol. The molecule has 0 N–H and O–H groups in total. The Kier molecular flexibility index (Phi) is 7.89. The Labute approximate surface area is 191 Å². The zero-order valence-corrected chi connectivity index (χ0v) is 19.0. The van der Waals surface area contributed by atoms with E-state index in [0.717, 1.165) is 6.42 Å². The lowest BCUT2D eigenvalue weighted by atomic mass is 9.61. The highest BCUT2D eigenvalue weighted by molar-refractivity contribution is 5.01. The molecule has 4 fully saturated rings. The van der Waals surface area contributed by atoms with Crippen molar-refractivity contribution in [2.45, 2.75) is 114 Å². The van der Waals surface area contributed by atoms with Crippen molar-refractivity contribution in [2.24, 2.45) is 41.4 Å². The molecule has 4 aliphatic carbocycles. The second-order valence-electron chi connectivity index (χ2n) is 11.5. The van der Waals surface area contributed by atoms with Crippen LogP contribution in [0.3, 0.4) is 0 Å². The number of halogens is 8. The molecule has 0 saturated heterocycles. The molecule has 0 aromatic heterocycles. The Balaban J connectivity index is 1.38. The molecule has 9 atom stereocenters. The summed E-state index contributed by atoms with van der Waals surface area (Å²) in [4.78, 5) is 0. The van der Waals surface area contributed by atoms with Gasteiger partial charge in [-0.15, -0.1) is 0 Å². The standard InChI is InChI=1S/C25H36F8/c1-11-2-3-15(16(26)4-11)12-5-17(27)23(18(28)6-12)13-7-19(29)24(20(30)8-13)14-9-21(31)25(33)22(32)10-14/h11-25H,2-10H2,1H3. The van der Waals surface area contributed by atoms with Gasteiger partial charge in [0.25, 0.3) is 0 Å². The molecule has 0 heterocycles. The van der Waals surface area contributed by atoms with Crippen LogP contribution in [0.4, 0.5) is 35.1 Å². The molecule has 0 aromatic rings.